The van der Waals surface area contributed by atoms with E-state index in [0.29, 0.717) is 5.69 Å². The van der Waals surface area contributed by atoms with Gasteiger partial charge in [-0.05, 0) is 23.3 Å². The average molecular weight is 270 g/mol. The quantitative estimate of drug-likeness (QED) is 0.779. The van der Waals surface area contributed by atoms with E-state index < -0.39 is 0 Å². The van der Waals surface area contributed by atoms with Crippen LogP contribution in [-0.2, 0) is 11.4 Å². The maximum Gasteiger partial charge on any atom is 0.226 e. The molecule has 0 spiro atoms. The van der Waals surface area contributed by atoms with Gasteiger partial charge in [-0.3, -0.25) is 4.79 Å². The van der Waals surface area contributed by atoms with Crippen LogP contribution in [0, 0.1) is 0 Å². The fourth-order valence-electron chi connectivity index (χ4n) is 1.98. The van der Waals surface area contributed by atoms with E-state index in [-0.39, 0.29) is 25.0 Å². The van der Waals surface area contributed by atoms with Crippen molar-refractivity contribution in [2.75, 3.05) is 5.32 Å². The zero-order valence-corrected chi connectivity index (χ0v) is 11.1. The molecule has 2 rings (SSSR count). The third-order valence-electron chi connectivity index (χ3n) is 3.03. The van der Waals surface area contributed by atoms with Crippen LogP contribution in [0.2, 0.25) is 0 Å². The lowest BCUT2D eigenvalue weighted by Crippen LogP contribution is -2.20. The first-order valence-electron chi connectivity index (χ1n) is 6.49. The van der Waals surface area contributed by atoms with Gasteiger partial charge in [0, 0.05) is 18.2 Å². The number of aliphatic hydroxyl groups excluding tert-OH is 1. The summed E-state index contributed by atoms with van der Waals surface area (Å²) in [6.07, 6.45) is 0.216. The van der Waals surface area contributed by atoms with Gasteiger partial charge < -0.3 is 16.2 Å². The first-order valence-corrected chi connectivity index (χ1v) is 6.49. The molecule has 4 nitrogen and oxygen atoms in total. The minimum atomic E-state index is -0.322. The molecule has 1 unspecified atom stereocenters. The Bertz CT molecular complexity index is 570. The summed E-state index contributed by atoms with van der Waals surface area (Å²) in [5, 5.41) is 11.8. The monoisotopic (exact) mass is 270 g/mol. The van der Waals surface area contributed by atoms with E-state index in [1.807, 2.05) is 30.3 Å². The van der Waals surface area contributed by atoms with E-state index in [1.165, 1.54) is 0 Å². The third kappa shape index (κ3) is 3.91. The molecule has 0 aliphatic rings. The number of carbonyl (C=O) groups is 1. The van der Waals surface area contributed by atoms with Gasteiger partial charge in [-0.2, -0.15) is 0 Å². The highest BCUT2D eigenvalue weighted by Crippen LogP contribution is 2.16. The van der Waals surface area contributed by atoms with E-state index in [1.54, 1.807) is 24.3 Å². The van der Waals surface area contributed by atoms with Crippen molar-refractivity contribution in [1.29, 1.82) is 0 Å². The molecule has 2 aromatic carbocycles. The minimum absolute atomic E-state index is 0.0484. The maximum atomic E-state index is 11.9. The van der Waals surface area contributed by atoms with Crippen molar-refractivity contribution in [3.63, 3.8) is 0 Å². The molecule has 0 aliphatic heterocycles. The number of hydrogen-bond donors (Lipinski definition) is 3. The van der Waals surface area contributed by atoms with Crippen molar-refractivity contribution in [3.8, 4) is 0 Å². The number of hydrogen-bond acceptors (Lipinski definition) is 3. The van der Waals surface area contributed by atoms with Gasteiger partial charge in [0.1, 0.15) is 0 Å². The minimum Gasteiger partial charge on any atom is -0.392 e. The molecule has 0 saturated heterocycles. The standard InChI is InChI=1S/C16H18N2O2/c17-15(13-6-2-1-3-7-13)10-16(20)18-14-8-4-5-12(9-14)11-19/h1-9,15,19H,10-11,17H2,(H,18,20). The second-order valence-electron chi connectivity index (χ2n) is 4.63. The van der Waals surface area contributed by atoms with Crippen molar-refractivity contribution >= 4 is 11.6 Å². The highest BCUT2D eigenvalue weighted by Gasteiger charge is 2.11. The fraction of sp³-hybridized carbons (Fsp3) is 0.188. The highest BCUT2D eigenvalue weighted by molar-refractivity contribution is 5.91. The van der Waals surface area contributed by atoms with Crippen molar-refractivity contribution in [1.82, 2.24) is 0 Å². The number of nitrogens with two attached hydrogens (primary N) is 1. The van der Waals surface area contributed by atoms with E-state index in [2.05, 4.69) is 5.32 Å². The molecule has 1 amide bonds. The van der Waals surface area contributed by atoms with Crippen LogP contribution in [0.1, 0.15) is 23.6 Å². The normalized spacial score (nSPS) is 11.9. The van der Waals surface area contributed by atoms with E-state index >= 15 is 0 Å². The summed E-state index contributed by atoms with van der Waals surface area (Å²) in [7, 11) is 0. The number of benzene rings is 2. The fourth-order valence-corrected chi connectivity index (χ4v) is 1.98. The Morgan fingerprint density at radius 3 is 2.60 bits per heavy atom. The predicted molar refractivity (Wildman–Crippen MR) is 79.0 cm³/mol. The highest BCUT2D eigenvalue weighted by atomic mass is 16.3. The average Bonchev–Trinajstić information content (AvgIpc) is 2.48. The Labute approximate surface area is 118 Å². The second kappa shape index (κ2) is 6.84. The van der Waals surface area contributed by atoms with Crippen LogP contribution in [0.4, 0.5) is 5.69 Å². The molecule has 4 heteroatoms. The van der Waals surface area contributed by atoms with Gasteiger partial charge in [0.2, 0.25) is 5.91 Å². The lowest BCUT2D eigenvalue weighted by molar-refractivity contribution is -0.116. The smallest absolute Gasteiger partial charge is 0.226 e. The number of carbonyl (C=O) groups excluding carboxylic acids is 1. The third-order valence-corrected chi connectivity index (χ3v) is 3.03. The second-order valence-corrected chi connectivity index (χ2v) is 4.63. The molecule has 0 aliphatic carbocycles. The number of nitrogens with one attached hydrogen (secondary N) is 1. The summed E-state index contributed by atoms with van der Waals surface area (Å²) < 4.78 is 0. The Morgan fingerprint density at radius 1 is 1.15 bits per heavy atom. The van der Waals surface area contributed by atoms with Crippen LogP contribution in [0.3, 0.4) is 0 Å². The first-order chi connectivity index (χ1) is 9.69. The van der Waals surface area contributed by atoms with E-state index in [9.17, 15) is 4.79 Å². The largest absolute Gasteiger partial charge is 0.392 e. The van der Waals surface area contributed by atoms with Crippen molar-refractivity contribution in [2.24, 2.45) is 5.73 Å². The molecule has 2 aromatic rings. The van der Waals surface area contributed by atoms with Crippen molar-refractivity contribution < 1.29 is 9.90 Å². The lowest BCUT2D eigenvalue weighted by atomic mass is 10.0. The van der Waals surface area contributed by atoms with Gasteiger partial charge in [0.05, 0.1) is 6.61 Å². The van der Waals surface area contributed by atoms with Gasteiger partial charge in [-0.1, -0.05) is 42.5 Å². The Kier molecular flexibility index (Phi) is 4.87. The van der Waals surface area contributed by atoms with Crippen molar-refractivity contribution in [2.45, 2.75) is 19.1 Å². The lowest BCUT2D eigenvalue weighted by Gasteiger charge is -2.12. The summed E-state index contributed by atoms with van der Waals surface area (Å²) >= 11 is 0. The number of rotatable bonds is 5. The molecule has 0 bridgehead atoms. The topological polar surface area (TPSA) is 75.4 Å². The number of amides is 1. The van der Waals surface area contributed by atoms with E-state index in [4.69, 9.17) is 10.8 Å². The molecule has 0 heterocycles. The predicted octanol–water partition coefficient (Wildman–Crippen LogP) is 2.21. The van der Waals surface area contributed by atoms with Crippen LogP contribution < -0.4 is 11.1 Å². The van der Waals surface area contributed by atoms with Crippen LogP contribution in [-0.4, -0.2) is 11.0 Å². The SMILES string of the molecule is NC(CC(=O)Nc1cccc(CO)c1)c1ccccc1. The molecule has 20 heavy (non-hydrogen) atoms. The molecule has 0 fully saturated rings. The van der Waals surface area contributed by atoms with Gasteiger partial charge in [-0.15, -0.1) is 0 Å². The molecule has 0 radical (unpaired) electrons. The number of anilines is 1. The molecular weight excluding hydrogens is 252 g/mol. The van der Waals surface area contributed by atoms with Crippen LogP contribution in [0.15, 0.2) is 54.6 Å². The van der Waals surface area contributed by atoms with Crippen molar-refractivity contribution in [3.05, 3.63) is 65.7 Å². The molecule has 104 valence electrons. The van der Waals surface area contributed by atoms with Gasteiger partial charge in [-0.25, -0.2) is 0 Å². The van der Waals surface area contributed by atoms with Gasteiger partial charge in [0.15, 0.2) is 0 Å². The van der Waals surface area contributed by atoms with Gasteiger partial charge >= 0.3 is 0 Å². The Morgan fingerprint density at radius 2 is 1.90 bits per heavy atom. The summed E-state index contributed by atoms with van der Waals surface area (Å²) in [4.78, 5) is 11.9. The Hall–Kier alpha value is -2.17. The summed E-state index contributed by atoms with van der Waals surface area (Å²) in [6.45, 7) is -0.0484. The summed E-state index contributed by atoms with van der Waals surface area (Å²) in [5.41, 5.74) is 8.37. The molecule has 0 aromatic heterocycles. The summed E-state index contributed by atoms with van der Waals surface area (Å²) in [6, 6.07) is 16.3. The maximum absolute atomic E-state index is 11.9. The van der Waals surface area contributed by atoms with Gasteiger partial charge in [0.25, 0.3) is 0 Å². The zero-order chi connectivity index (χ0) is 14.4. The molecule has 1 atom stereocenters. The molecule has 0 saturated carbocycles. The Balaban J connectivity index is 1.95. The van der Waals surface area contributed by atoms with Crippen LogP contribution >= 0.6 is 0 Å². The van der Waals surface area contributed by atoms with E-state index in [0.717, 1.165) is 11.1 Å². The summed E-state index contributed by atoms with van der Waals surface area (Å²) in [5.74, 6) is -0.142. The first kappa shape index (κ1) is 14.2. The van der Waals surface area contributed by atoms with Crippen LogP contribution in [0.25, 0.3) is 0 Å². The number of aliphatic hydroxyl groups is 1. The van der Waals surface area contributed by atoms with Crippen LogP contribution in [0.5, 0.6) is 0 Å². The molecule has 4 N–H and O–H groups in total. The molecular formula is C16H18N2O2. The zero-order valence-electron chi connectivity index (χ0n) is 11.1.